The van der Waals surface area contributed by atoms with Crippen LogP contribution in [0.5, 0.6) is 0 Å². The van der Waals surface area contributed by atoms with Gasteiger partial charge in [0.25, 0.3) is 0 Å². The van der Waals surface area contributed by atoms with Gasteiger partial charge in [-0.1, -0.05) is 6.42 Å². The van der Waals surface area contributed by atoms with Gasteiger partial charge in [0.2, 0.25) is 0 Å². The van der Waals surface area contributed by atoms with Crippen molar-refractivity contribution in [1.82, 2.24) is 0 Å². The fourth-order valence-corrected chi connectivity index (χ4v) is 3.76. The highest BCUT2D eigenvalue weighted by molar-refractivity contribution is 4.95. The third-order valence-corrected chi connectivity index (χ3v) is 4.76. The number of fused-ring (bicyclic) bond motifs is 1. The topological polar surface area (TPSA) is 27.7 Å². The molecule has 0 aromatic rings. The van der Waals surface area contributed by atoms with Gasteiger partial charge in [-0.3, -0.25) is 0 Å². The molecule has 3 rings (SSSR count). The van der Waals surface area contributed by atoms with Crippen molar-refractivity contribution >= 4 is 0 Å². The maximum atomic E-state index is 6.39. The number of ether oxygens (including phenoxy) is 3. The molecule has 1 heterocycles. The summed E-state index contributed by atoms with van der Waals surface area (Å²) in [6, 6.07) is 0. The van der Waals surface area contributed by atoms with Crippen molar-refractivity contribution in [3.8, 4) is 0 Å². The van der Waals surface area contributed by atoms with Gasteiger partial charge in [0.1, 0.15) is 0 Å². The molecule has 0 radical (unpaired) electrons. The van der Waals surface area contributed by atoms with E-state index < -0.39 is 0 Å². The maximum absolute atomic E-state index is 6.39. The fraction of sp³-hybridized carbons (Fsp3) is 1.00. The summed E-state index contributed by atoms with van der Waals surface area (Å²) in [5.74, 6) is 0.0882. The van der Waals surface area contributed by atoms with Crippen LogP contribution in [0.1, 0.15) is 65.7 Å². The highest BCUT2D eigenvalue weighted by atomic mass is 16.8. The lowest BCUT2D eigenvalue weighted by molar-refractivity contribution is -0.245. The van der Waals surface area contributed by atoms with Crippen molar-refractivity contribution in [3.63, 3.8) is 0 Å². The fourth-order valence-electron chi connectivity index (χ4n) is 3.76. The SMILES string of the molecule is CC(C)(C)OCC1CCCCC12OC1CCCC1O2. The van der Waals surface area contributed by atoms with Crippen LogP contribution in [0.25, 0.3) is 0 Å². The summed E-state index contributed by atoms with van der Waals surface area (Å²) in [6.45, 7) is 7.12. The molecule has 110 valence electrons. The van der Waals surface area contributed by atoms with Gasteiger partial charge in [-0.05, 0) is 52.9 Å². The van der Waals surface area contributed by atoms with Crippen molar-refractivity contribution in [2.45, 2.75) is 89.3 Å². The lowest BCUT2D eigenvalue weighted by Gasteiger charge is -2.41. The monoisotopic (exact) mass is 268 g/mol. The summed E-state index contributed by atoms with van der Waals surface area (Å²) >= 11 is 0. The summed E-state index contributed by atoms with van der Waals surface area (Å²) in [4.78, 5) is 0. The Labute approximate surface area is 117 Å². The molecule has 2 saturated carbocycles. The molecule has 3 fully saturated rings. The van der Waals surface area contributed by atoms with Crippen LogP contribution in [0, 0.1) is 5.92 Å². The third-order valence-electron chi connectivity index (χ3n) is 4.76. The Balaban J connectivity index is 1.67. The Kier molecular flexibility index (Phi) is 3.65. The van der Waals surface area contributed by atoms with E-state index in [0.29, 0.717) is 18.1 Å². The van der Waals surface area contributed by atoms with E-state index in [-0.39, 0.29) is 11.4 Å². The summed E-state index contributed by atoms with van der Waals surface area (Å²) in [6.07, 6.45) is 9.07. The van der Waals surface area contributed by atoms with Gasteiger partial charge in [-0.2, -0.15) is 0 Å². The van der Waals surface area contributed by atoms with E-state index in [4.69, 9.17) is 14.2 Å². The van der Waals surface area contributed by atoms with Gasteiger partial charge < -0.3 is 14.2 Å². The maximum Gasteiger partial charge on any atom is 0.174 e. The van der Waals surface area contributed by atoms with Crippen LogP contribution >= 0.6 is 0 Å². The molecule has 0 amide bonds. The first-order chi connectivity index (χ1) is 8.99. The van der Waals surface area contributed by atoms with Gasteiger partial charge >= 0.3 is 0 Å². The first-order valence-corrected chi connectivity index (χ1v) is 7.98. The van der Waals surface area contributed by atoms with Gasteiger partial charge in [-0.25, -0.2) is 0 Å². The molecule has 3 nitrogen and oxygen atoms in total. The first-order valence-electron chi connectivity index (χ1n) is 7.98. The van der Waals surface area contributed by atoms with Gasteiger partial charge in [-0.15, -0.1) is 0 Å². The Morgan fingerprint density at radius 3 is 2.32 bits per heavy atom. The minimum absolute atomic E-state index is 0.0763. The zero-order valence-electron chi connectivity index (χ0n) is 12.6. The van der Waals surface area contributed by atoms with Crippen LogP contribution < -0.4 is 0 Å². The normalized spacial score (nSPS) is 42.8. The molecule has 0 aromatic carbocycles. The summed E-state index contributed by atoms with van der Waals surface area (Å²) < 4.78 is 18.8. The van der Waals surface area contributed by atoms with Gasteiger partial charge in [0.05, 0.1) is 24.4 Å². The van der Waals surface area contributed by atoms with E-state index in [1.165, 1.54) is 38.5 Å². The zero-order valence-corrected chi connectivity index (χ0v) is 12.6. The molecule has 19 heavy (non-hydrogen) atoms. The van der Waals surface area contributed by atoms with Crippen LogP contribution in [0.2, 0.25) is 0 Å². The van der Waals surface area contributed by atoms with Crippen LogP contribution in [-0.2, 0) is 14.2 Å². The largest absolute Gasteiger partial charge is 0.375 e. The molecule has 2 aliphatic carbocycles. The van der Waals surface area contributed by atoms with Crippen molar-refractivity contribution in [3.05, 3.63) is 0 Å². The Morgan fingerprint density at radius 2 is 1.68 bits per heavy atom. The quantitative estimate of drug-likeness (QED) is 0.765. The van der Waals surface area contributed by atoms with E-state index in [2.05, 4.69) is 20.8 Å². The predicted molar refractivity (Wildman–Crippen MR) is 74.0 cm³/mol. The van der Waals surface area contributed by atoms with E-state index in [1.54, 1.807) is 0 Å². The van der Waals surface area contributed by atoms with Crippen LogP contribution in [0.15, 0.2) is 0 Å². The molecular weight excluding hydrogens is 240 g/mol. The average molecular weight is 268 g/mol. The highest BCUT2D eigenvalue weighted by Crippen LogP contribution is 2.48. The van der Waals surface area contributed by atoms with E-state index in [0.717, 1.165) is 13.0 Å². The molecule has 3 heteroatoms. The molecule has 0 N–H and O–H groups in total. The second-order valence-corrected chi connectivity index (χ2v) is 7.42. The van der Waals surface area contributed by atoms with E-state index in [1.807, 2.05) is 0 Å². The molecule has 1 spiro atoms. The lowest BCUT2D eigenvalue weighted by atomic mass is 9.83. The van der Waals surface area contributed by atoms with Crippen LogP contribution in [0.4, 0.5) is 0 Å². The number of rotatable bonds is 2. The van der Waals surface area contributed by atoms with E-state index >= 15 is 0 Å². The molecule has 3 atom stereocenters. The smallest absolute Gasteiger partial charge is 0.174 e. The number of hydrogen-bond donors (Lipinski definition) is 0. The highest BCUT2D eigenvalue weighted by Gasteiger charge is 2.54. The zero-order chi connectivity index (χ0) is 13.5. The molecule has 3 aliphatic rings. The first kappa shape index (κ1) is 13.8. The Morgan fingerprint density at radius 1 is 1.00 bits per heavy atom. The second-order valence-electron chi connectivity index (χ2n) is 7.42. The summed E-state index contributed by atoms with van der Waals surface area (Å²) in [7, 11) is 0. The summed E-state index contributed by atoms with van der Waals surface area (Å²) in [5, 5.41) is 0. The molecule has 0 aromatic heterocycles. The molecule has 1 aliphatic heterocycles. The van der Waals surface area contributed by atoms with Crippen molar-refractivity contribution in [1.29, 1.82) is 0 Å². The van der Waals surface area contributed by atoms with Crippen molar-refractivity contribution in [2.24, 2.45) is 5.92 Å². The molecule has 0 bridgehead atoms. The molecule has 3 unspecified atom stereocenters. The average Bonchev–Trinajstić information content (AvgIpc) is 2.86. The second kappa shape index (κ2) is 5.01. The minimum atomic E-state index is -0.320. The lowest BCUT2D eigenvalue weighted by Crippen LogP contribution is -2.46. The standard InChI is InChI=1S/C16H28O3/c1-15(2,3)17-11-12-7-4-5-10-16(12)18-13-8-6-9-14(13)19-16/h12-14H,4-11H2,1-3H3. The van der Waals surface area contributed by atoms with Crippen LogP contribution in [-0.4, -0.2) is 30.2 Å². The minimum Gasteiger partial charge on any atom is -0.375 e. The van der Waals surface area contributed by atoms with Crippen molar-refractivity contribution < 1.29 is 14.2 Å². The number of hydrogen-bond acceptors (Lipinski definition) is 3. The Hall–Kier alpha value is -0.120. The van der Waals surface area contributed by atoms with E-state index in [9.17, 15) is 0 Å². The molecule has 1 saturated heterocycles. The summed E-state index contributed by atoms with van der Waals surface area (Å²) in [5.41, 5.74) is -0.0763. The van der Waals surface area contributed by atoms with Gasteiger partial charge in [0.15, 0.2) is 5.79 Å². The van der Waals surface area contributed by atoms with Crippen molar-refractivity contribution in [2.75, 3.05) is 6.61 Å². The van der Waals surface area contributed by atoms with Crippen LogP contribution in [0.3, 0.4) is 0 Å². The molecular formula is C16H28O3. The Bertz CT molecular complexity index is 308. The third kappa shape index (κ3) is 2.84. The predicted octanol–water partition coefficient (Wildman–Crippen LogP) is 3.66. The van der Waals surface area contributed by atoms with Gasteiger partial charge in [0, 0.05) is 12.3 Å².